The zero-order chi connectivity index (χ0) is 15.5. The van der Waals surface area contributed by atoms with Crippen LogP contribution in [0.2, 0.25) is 0 Å². The number of anilines is 1. The standard InChI is InChI=1S/C17H14FNO3/c1-21-10-14-13-4-2-3-5-15(13)22-16(14)17(20)19-12-8-6-11(18)7-9-12/h2-9H,10H2,1H3,(H,19,20). The number of carbonyl (C=O) groups excluding carboxylic acids is 1. The fourth-order valence-corrected chi connectivity index (χ4v) is 2.29. The summed E-state index contributed by atoms with van der Waals surface area (Å²) in [6.45, 7) is 0.267. The van der Waals surface area contributed by atoms with E-state index in [2.05, 4.69) is 5.32 Å². The molecule has 0 aliphatic heterocycles. The molecule has 0 atom stereocenters. The molecule has 0 unspecified atom stereocenters. The summed E-state index contributed by atoms with van der Waals surface area (Å²) >= 11 is 0. The molecular weight excluding hydrogens is 285 g/mol. The van der Waals surface area contributed by atoms with E-state index >= 15 is 0 Å². The van der Waals surface area contributed by atoms with Crippen LogP contribution in [-0.2, 0) is 11.3 Å². The van der Waals surface area contributed by atoms with Crippen LogP contribution < -0.4 is 5.32 Å². The highest BCUT2D eigenvalue weighted by molar-refractivity contribution is 6.06. The Bertz CT molecular complexity index is 808. The smallest absolute Gasteiger partial charge is 0.291 e. The molecule has 1 N–H and O–H groups in total. The van der Waals surface area contributed by atoms with Gasteiger partial charge in [-0.15, -0.1) is 0 Å². The molecule has 0 aliphatic rings. The Kier molecular flexibility index (Phi) is 3.89. The molecule has 1 heterocycles. The molecule has 2 aromatic carbocycles. The van der Waals surface area contributed by atoms with Crippen LogP contribution in [0.15, 0.2) is 52.9 Å². The van der Waals surface area contributed by atoms with E-state index < -0.39 is 5.91 Å². The summed E-state index contributed by atoms with van der Waals surface area (Å²) in [7, 11) is 1.56. The highest BCUT2D eigenvalue weighted by Crippen LogP contribution is 2.27. The largest absolute Gasteiger partial charge is 0.451 e. The number of furan rings is 1. The maximum absolute atomic E-state index is 12.9. The maximum Gasteiger partial charge on any atom is 0.291 e. The molecule has 0 saturated carbocycles. The topological polar surface area (TPSA) is 51.5 Å². The second-order valence-electron chi connectivity index (χ2n) is 4.80. The Morgan fingerprint density at radius 3 is 2.64 bits per heavy atom. The summed E-state index contributed by atoms with van der Waals surface area (Å²) in [5.74, 6) is -0.552. The number of benzene rings is 2. The van der Waals surface area contributed by atoms with Gasteiger partial charge in [0.1, 0.15) is 11.4 Å². The minimum Gasteiger partial charge on any atom is -0.451 e. The van der Waals surface area contributed by atoms with Gasteiger partial charge < -0.3 is 14.5 Å². The second-order valence-corrected chi connectivity index (χ2v) is 4.80. The Hall–Kier alpha value is -2.66. The highest BCUT2D eigenvalue weighted by atomic mass is 19.1. The van der Waals surface area contributed by atoms with Gasteiger partial charge in [-0.1, -0.05) is 18.2 Å². The summed E-state index contributed by atoms with van der Waals surface area (Å²) in [5.41, 5.74) is 1.81. The Labute approximate surface area is 126 Å². The van der Waals surface area contributed by atoms with Crippen LogP contribution in [0, 0.1) is 5.82 Å². The monoisotopic (exact) mass is 299 g/mol. The number of carbonyl (C=O) groups is 1. The zero-order valence-electron chi connectivity index (χ0n) is 11.9. The van der Waals surface area contributed by atoms with Crippen molar-refractivity contribution in [1.29, 1.82) is 0 Å². The van der Waals surface area contributed by atoms with Gasteiger partial charge in [0.05, 0.1) is 6.61 Å². The molecule has 0 radical (unpaired) electrons. The molecule has 4 nitrogen and oxygen atoms in total. The molecule has 0 aliphatic carbocycles. The number of rotatable bonds is 4. The first kappa shape index (κ1) is 14.3. The van der Waals surface area contributed by atoms with Crippen LogP contribution >= 0.6 is 0 Å². The van der Waals surface area contributed by atoms with Gasteiger partial charge in [0.15, 0.2) is 5.76 Å². The molecule has 0 saturated heterocycles. The minimum absolute atomic E-state index is 0.201. The van der Waals surface area contributed by atoms with E-state index in [1.54, 1.807) is 13.2 Å². The third-order valence-electron chi connectivity index (χ3n) is 3.30. The third-order valence-corrected chi connectivity index (χ3v) is 3.30. The Morgan fingerprint density at radius 1 is 1.18 bits per heavy atom. The number of hydrogen-bond acceptors (Lipinski definition) is 3. The van der Waals surface area contributed by atoms with Crippen molar-refractivity contribution in [3.05, 3.63) is 65.7 Å². The first-order valence-electron chi connectivity index (χ1n) is 6.75. The van der Waals surface area contributed by atoms with Crippen molar-refractivity contribution in [2.45, 2.75) is 6.61 Å². The van der Waals surface area contributed by atoms with Crippen LogP contribution in [0.25, 0.3) is 11.0 Å². The van der Waals surface area contributed by atoms with Crippen molar-refractivity contribution >= 4 is 22.6 Å². The van der Waals surface area contributed by atoms with E-state index in [1.807, 2.05) is 18.2 Å². The number of halogens is 1. The van der Waals surface area contributed by atoms with Crippen LogP contribution in [-0.4, -0.2) is 13.0 Å². The third kappa shape index (κ3) is 2.71. The fraction of sp³-hybridized carbons (Fsp3) is 0.118. The lowest BCUT2D eigenvalue weighted by molar-refractivity contribution is 0.0992. The average molecular weight is 299 g/mol. The van der Waals surface area contributed by atoms with E-state index in [4.69, 9.17) is 9.15 Å². The SMILES string of the molecule is COCc1c(C(=O)Nc2ccc(F)cc2)oc2ccccc12. The second kappa shape index (κ2) is 5.99. The van der Waals surface area contributed by atoms with Gasteiger partial charge in [0, 0.05) is 23.7 Å². The molecule has 1 aromatic heterocycles. The average Bonchev–Trinajstić information content (AvgIpc) is 2.89. The molecule has 22 heavy (non-hydrogen) atoms. The number of methoxy groups -OCH3 is 1. The van der Waals surface area contributed by atoms with E-state index in [1.165, 1.54) is 24.3 Å². The molecule has 112 valence electrons. The lowest BCUT2D eigenvalue weighted by Crippen LogP contribution is -2.13. The quantitative estimate of drug-likeness (QED) is 0.793. The summed E-state index contributed by atoms with van der Waals surface area (Å²) in [4.78, 5) is 12.4. The molecule has 1 amide bonds. The van der Waals surface area contributed by atoms with Crippen LogP contribution in [0.3, 0.4) is 0 Å². The lowest BCUT2D eigenvalue weighted by atomic mass is 10.1. The Balaban J connectivity index is 1.96. The van der Waals surface area contributed by atoms with Gasteiger partial charge in [0.25, 0.3) is 5.91 Å². The van der Waals surface area contributed by atoms with Crippen LogP contribution in [0.5, 0.6) is 0 Å². The fourth-order valence-electron chi connectivity index (χ4n) is 2.29. The van der Waals surface area contributed by atoms with E-state index in [-0.39, 0.29) is 18.2 Å². The molecule has 5 heteroatoms. The van der Waals surface area contributed by atoms with Crippen LogP contribution in [0.1, 0.15) is 16.1 Å². The molecule has 0 bridgehead atoms. The summed E-state index contributed by atoms with van der Waals surface area (Å²) in [6.07, 6.45) is 0. The van der Waals surface area contributed by atoms with Gasteiger partial charge in [-0.25, -0.2) is 4.39 Å². The van der Waals surface area contributed by atoms with Gasteiger partial charge >= 0.3 is 0 Å². The number of hydrogen-bond donors (Lipinski definition) is 1. The van der Waals surface area contributed by atoms with Crippen molar-refractivity contribution in [3.63, 3.8) is 0 Å². The molecule has 0 spiro atoms. The predicted octanol–water partition coefficient (Wildman–Crippen LogP) is 3.97. The molecular formula is C17H14FNO3. The van der Waals surface area contributed by atoms with Gasteiger partial charge in [-0.05, 0) is 30.3 Å². The predicted molar refractivity (Wildman–Crippen MR) is 81.3 cm³/mol. The summed E-state index contributed by atoms with van der Waals surface area (Å²) in [6, 6.07) is 12.9. The number of para-hydroxylation sites is 1. The minimum atomic E-state index is -0.394. The van der Waals surface area contributed by atoms with Crippen molar-refractivity contribution in [1.82, 2.24) is 0 Å². The number of ether oxygens (including phenoxy) is 1. The van der Waals surface area contributed by atoms with Crippen molar-refractivity contribution in [2.75, 3.05) is 12.4 Å². The normalized spacial score (nSPS) is 10.8. The lowest BCUT2D eigenvalue weighted by Gasteiger charge is -2.05. The summed E-state index contributed by atoms with van der Waals surface area (Å²) in [5, 5.41) is 3.53. The molecule has 3 rings (SSSR count). The first-order chi connectivity index (χ1) is 10.7. The van der Waals surface area contributed by atoms with Gasteiger partial charge in [-0.2, -0.15) is 0 Å². The first-order valence-corrected chi connectivity index (χ1v) is 6.75. The summed E-state index contributed by atoms with van der Waals surface area (Å²) < 4.78 is 23.7. The van der Waals surface area contributed by atoms with Gasteiger partial charge in [-0.3, -0.25) is 4.79 Å². The van der Waals surface area contributed by atoms with Crippen molar-refractivity contribution < 1.29 is 18.3 Å². The number of amides is 1. The number of nitrogens with one attached hydrogen (secondary N) is 1. The van der Waals surface area contributed by atoms with E-state index in [0.717, 1.165) is 5.39 Å². The highest BCUT2D eigenvalue weighted by Gasteiger charge is 2.20. The molecule has 0 fully saturated rings. The van der Waals surface area contributed by atoms with Crippen molar-refractivity contribution in [3.8, 4) is 0 Å². The van der Waals surface area contributed by atoms with Crippen LogP contribution in [0.4, 0.5) is 10.1 Å². The van der Waals surface area contributed by atoms with E-state index in [0.29, 0.717) is 16.8 Å². The Morgan fingerprint density at radius 2 is 1.91 bits per heavy atom. The maximum atomic E-state index is 12.9. The zero-order valence-corrected chi connectivity index (χ0v) is 11.9. The van der Waals surface area contributed by atoms with Crippen molar-refractivity contribution in [2.24, 2.45) is 0 Å². The molecule has 3 aromatic rings. The van der Waals surface area contributed by atoms with Gasteiger partial charge in [0.2, 0.25) is 0 Å². The van der Waals surface area contributed by atoms with E-state index in [9.17, 15) is 9.18 Å². The number of fused-ring (bicyclic) bond motifs is 1.